The Kier molecular flexibility index (Phi) is 3.39. The van der Waals surface area contributed by atoms with E-state index in [2.05, 4.69) is 13.0 Å². The van der Waals surface area contributed by atoms with E-state index in [0.29, 0.717) is 0 Å². The molecule has 1 heteroatoms. The van der Waals surface area contributed by atoms with Crippen molar-refractivity contribution in [2.75, 3.05) is 7.11 Å². The number of methoxy groups -OCH3 is 1. The molecule has 0 amide bonds. The predicted octanol–water partition coefficient (Wildman–Crippen LogP) is 2.63. The standard InChI is InChI=1S/C11H13O/c1-3-4-7-10-8-5-6-9-11(10)12-2/h3-6,8-9H,1,7H2,2H3. The molecular weight excluding hydrogens is 148 g/mol. The fraction of sp³-hybridized carbons (Fsp3) is 0.182. The molecule has 12 heavy (non-hydrogen) atoms. The Balaban J connectivity index is 2.81. The van der Waals surface area contributed by atoms with E-state index in [-0.39, 0.29) is 0 Å². The van der Waals surface area contributed by atoms with Crippen LogP contribution in [0.25, 0.3) is 0 Å². The number of hydrogen-bond acceptors (Lipinski definition) is 1. The van der Waals surface area contributed by atoms with Gasteiger partial charge in [0.2, 0.25) is 0 Å². The summed E-state index contributed by atoms with van der Waals surface area (Å²) in [6, 6.07) is 8.00. The lowest BCUT2D eigenvalue weighted by molar-refractivity contribution is 0.410. The van der Waals surface area contributed by atoms with Crippen molar-refractivity contribution in [2.24, 2.45) is 0 Å². The van der Waals surface area contributed by atoms with Crippen LogP contribution in [0.2, 0.25) is 0 Å². The summed E-state index contributed by atoms with van der Waals surface area (Å²) < 4.78 is 5.19. The van der Waals surface area contributed by atoms with E-state index in [1.54, 1.807) is 13.2 Å². The monoisotopic (exact) mass is 161 g/mol. The van der Waals surface area contributed by atoms with Crippen molar-refractivity contribution in [3.05, 3.63) is 48.9 Å². The summed E-state index contributed by atoms with van der Waals surface area (Å²) in [5.74, 6) is 0.940. The van der Waals surface area contributed by atoms with Gasteiger partial charge in [-0.1, -0.05) is 30.4 Å². The van der Waals surface area contributed by atoms with E-state index >= 15 is 0 Å². The van der Waals surface area contributed by atoms with Gasteiger partial charge in [0, 0.05) is 0 Å². The van der Waals surface area contributed by atoms with Gasteiger partial charge in [0.25, 0.3) is 0 Å². The lowest BCUT2D eigenvalue weighted by Crippen LogP contribution is -1.89. The number of rotatable bonds is 3. The van der Waals surface area contributed by atoms with Gasteiger partial charge in [-0.2, -0.15) is 0 Å². The van der Waals surface area contributed by atoms with Crippen molar-refractivity contribution in [3.63, 3.8) is 0 Å². The molecule has 0 aliphatic heterocycles. The second-order valence-corrected chi connectivity index (χ2v) is 2.49. The van der Waals surface area contributed by atoms with E-state index in [4.69, 9.17) is 4.74 Å². The zero-order valence-electron chi connectivity index (χ0n) is 7.29. The highest BCUT2D eigenvalue weighted by molar-refractivity contribution is 5.34. The summed E-state index contributed by atoms with van der Waals surface area (Å²) >= 11 is 0. The first-order valence-electron chi connectivity index (χ1n) is 3.94. The van der Waals surface area contributed by atoms with Gasteiger partial charge in [0.15, 0.2) is 0 Å². The third-order valence-corrected chi connectivity index (χ3v) is 1.70. The highest BCUT2D eigenvalue weighted by atomic mass is 16.5. The molecule has 0 aliphatic carbocycles. The molecule has 1 nitrogen and oxygen atoms in total. The Morgan fingerprint density at radius 1 is 1.42 bits per heavy atom. The van der Waals surface area contributed by atoms with Gasteiger partial charge in [-0.15, -0.1) is 0 Å². The van der Waals surface area contributed by atoms with Crippen LogP contribution in [0.4, 0.5) is 0 Å². The zero-order chi connectivity index (χ0) is 8.81. The van der Waals surface area contributed by atoms with Gasteiger partial charge < -0.3 is 4.74 Å². The molecule has 0 bridgehead atoms. The van der Waals surface area contributed by atoms with Crippen LogP contribution in [0.3, 0.4) is 0 Å². The first-order chi connectivity index (χ1) is 5.88. The summed E-state index contributed by atoms with van der Waals surface area (Å²) in [6.45, 7) is 3.63. The Morgan fingerprint density at radius 2 is 2.17 bits per heavy atom. The molecule has 0 aromatic heterocycles. The second kappa shape index (κ2) is 4.60. The normalized spacial score (nSPS) is 10.5. The quantitative estimate of drug-likeness (QED) is 0.662. The van der Waals surface area contributed by atoms with Crippen LogP contribution in [0.1, 0.15) is 5.56 Å². The molecule has 0 atom stereocenters. The number of hydrogen-bond donors (Lipinski definition) is 0. The molecule has 0 saturated heterocycles. The molecule has 1 radical (unpaired) electrons. The summed E-state index contributed by atoms with van der Waals surface area (Å²) in [5.41, 5.74) is 1.19. The Morgan fingerprint density at radius 3 is 2.83 bits per heavy atom. The van der Waals surface area contributed by atoms with Gasteiger partial charge in [-0.25, -0.2) is 0 Å². The highest BCUT2D eigenvalue weighted by Gasteiger charge is 1.97. The van der Waals surface area contributed by atoms with Crippen molar-refractivity contribution in [3.8, 4) is 5.75 Å². The highest BCUT2D eigenvalue weighted by Crippen LogP contribution is 2.17. The van der Waals surface area contributed by atoms with Crippen molar-refractivity contribution in [2.45, 2.75) is 6.42 Å². The maximum Gasteiger partial charge on any atom is 0.122 e. The number of ether oxygens (including phenoxy) is 1. The van der Waals surface area contributed by atoms with Crippen LogP contribution in [-0.2, 0) is 6.42 Å². The Hall–Kier alpha value is -1.24. The topological polar surface area (TPSA) is 9.23 Å². The SMILES string of the molecule is [CH2]C=CCc1ccccc1OC. The van der Waals surface area contributed by atoms with Gasteiger partial charge in [0.1, 0.15) is 5.75 Å². The molecule has 0 N–H and O–H groups in total. The van der Waals surface area contributed by atoms with E-state index in [1.807, 2.05) is 24.3 Å². The van der Waals surface area contributed by atoms with Crippen molar-refractivity contribution in [1.82, 2.24) is 0 Å². The van der Waals surface area contributed by atoms with Gasteiger partial charge >= 0.3 is 0 Å². The minimum absolute atomic E-state index is 0.882. The van der Waals surface area contributed by atoms with E-state index in [0.717, 1.165) is 12.2 Å². The first kappa shape index (κ1) is 8.85. The summed E-state index contributed by atoms with van der Waals surface area (Å²) in [7, 11) is 1.69. The minimum atomic E-state index is 0.882. The maximum atomic E-state index is 5.19. The molecule has 1 aromatic carbocycles. The average molecular weight is 161 g/mol. The van der Waals surface area contributed by atoms with Crippen LogP contribution < -0.4 is 4.74 Å². The molecule has 1 aromatic rings. The zero-order valence-corrected chi connectivity index (χ0v) is 7.29. The van der Waals surface area contributed by atoms with Crippen molar-refractivity contribution >= 4 is 0 Å². The van der Waals surface area contributed by atoms with Crippen molar-refractivity contribution < 1.29 is 4.74 Å². The molecule has 0 unspecified atom stereocenters. The third-order valence-electron chi connectivity index (χ3n) is 1.70. The molecule has 1 rings (SSSR count). The van der Waals surface area contributed by atoms with E-state index < -0.39 is 0 Å². The molecule has 0 spiro atoms. The fourth-order valence-corrected chi connectivity index (χ4v) is 1.08. The molecule has 0 aliphatic rings. The third kappa shape index (κ3) is 2.12. The predicted molar refractivity (Wildman–Crippen MR) is 51.2 cm³/mol. The molecular formula is C11H13O. The molecule has 0 fully saturated rings. The van der Waals surface area contributed by atoms with E-state index in [1.165, 1.54) is 5.56 Å². The Bertz CT molecular complexity index is 263. The maximum absolute atomic E-state index is 5.19. The summed E-state index contributed by atoms with van der Waals surface area (Å²) in [4.78, 5) is 0. The van der Waals surface area contributed by atoms with Gasteiger partial charge in [-0.3, -0.25) is 0 Å². The second-order valence-electron chi connectivity index (χ2n) is 2.49. The van der Waals surface area contributed by atoms with Crippen LogP contribution >= 0.6 is 0 Å². The first-order valence-corrected chi connectivity index (χ1v) is 3.94. The fourth-order valence-electron chi connectivity index (χ4n) is 1.08. The lowest BCUT2D eigenvalue weighted by Gasteiger charge is -2.04. The largest absolute Gasteiger partial charge is 0.496 e. The van der Waals surface area contributed by atoms with Crippen LogP contribution in [0.15, 0.2) is 36.4 Å². The smallest absolute Gasteiger partial charge is 0.122 e. The lowest BCUT2D eigenvalue weighted by atomic mass is 10.1. The summed E-state index contributed by atoms with van der Waals surface area (Å²) in [6.07, 6.45) is 4.69. The number of benzene rings is 1. The number of allylic oxidation sites excluding steroid dienone is 2. The average Bonchev–Trinajstić information content (AvgIpc) is 2.15. The molecule has 0 heterocycles. The van der Waals surface area contributed by atoms with E-state index in [9.17, 15) is 0 Å². The minimum Gasteiger partial charge on any atom is -0.496 e. The van der Waals surface area contributed by atoms with Crippen LogP contribution in [-0.4, -0.2) is 7.11 Å². The van der Waals surface area contributed by atoms with Crippen LogP contribution in [0, 0.1) is 6.92 Å². The van der Waals surface area contributed by atoms with Crippen molar-refractivity contribution in [1.29, 1.82) is 0 Å². The Labute approximate surface area is 73.7 Å². The molecule has 63 valence electrons. The van der Waals surface area contributed by atoms with Gasteiger partial charge in [-0.05, 0) is 25.0 Å². The molecule has 0 saturated carbocycles. The summed E-state index contributed by atoms with van der Waals surface area (Å²) in [5, 5.41) is 0. The van der Waals surface area contributed by atoms with Gasteiger partial charge in [0.05, 0.1) is 7.11 Å². The van der Waals surface area contributed by atoms with Crippen LogP contribution in [0.5, 0.6) is 5.75 Å². The number of para-hydroxylation sites is 1.